The molecule has 0 N–H and O–H groups in total. The summed E-state index contributed by atoms with van der Waals surface area (Å²) in [5.41, 5.74) is 0. The van der Waals surface area contributed by atoms with Gasteiger partial charge in [-0.25, -0.2) is 4.37 Å². The molecule has 0 aliphatic rings. The first-order valence-corrected chi connectivity index (χ1v) is 5.76. The Balaban J connectivity index is 2.63. The van der Waals surface area contributed by atoms with Crippen LogP contribution in [0, 0.1) is 0 Å². The molecule has 0 saturated carbocycles. The zero-order chi connectivity index (χ0) is 10.4. The van der Waals surface area contributed by atoms with Gasteiger partial charge in [-0.05, 0) is 30.4 Å². The van der Waals surface area contributed by atoms with Gasteiger partial charge in [-0.2, -0.15) is 0 Å². The lowest BCUT2D eigenvalue weighted by atomic mass is 10.3. The number of carbonyl (C=O) groups is 1. The fourth-order valence-electron chi connectivity index (χ4n) is 1.34. The molecule has 0 aromatic carbocycles. The van der Waals surface area contributed by atoms with Crippen LogP contribution in [0.3, 0.4) is 0 Å². The van der Waals surface area contributed by atoms with Gasteiger partial charge in [0, 0.05) is 19.3 Å². The van der Waals surface area contributed by atoms with Gasteiger partial charge in [0.15, 0.2) is 0 Å². The van der Waals surface area contributed by atoms with Crippen LogP contribution in [0.25, 0.3) is 0 Å². The summed E-state index contributed by atoms with van der Waals surface area (Å²) in [6.45, 7) is 5.85. The molecule has 14 heavy (non-hydrogen) atoms. The van der Waals surface area contributed by atoms with E-state index < -0.39 is 0 Å². The zero-order valence-electron chi connectivity index (χ0n) is 8.69. The smallest absolute Gasteiger partial charge is 0.265 e. The molecular formula is C10H16N2OS. The van der Waals surface area contributed by atoms with E-state index in [9.17, 15) is 4.79 Å². The minimum Gasteiger partial charge on any atom is -0.338 e. The molecule has 4 heteroatoms. The number of nitrogens with zero attached hydrogens (tertiary/aromatic N) is 2. The first kappa shape index (κ1) is 11.2. The Morgan fingerprint density at radius 2 is 2.07 bits per heavy atom. The van der Waals surface area contributed by atoms with Gasteiger partial charge < -0.3 is 4.90 Å². The van der Waals surface area contributed by atoms with Crippen molar-refractivity contribution in [2.45, 2.75) is 26.7 Å². The highest BCUT2D eigenvalue weighted by Gasteiger charge is 2.14. The highest BCUT2D eigenvalue weighted by atomic mass is 32.1. The average Bonchev–Trinajstić information content (AvgIpc) is 2.69. The lowest BCUT2D eigenvalue weighted by Gasteiger charge is -2.20. The summed E-state index contributed by atoms with van der Waals surface area (Å²) in [5, 5.41) is 0. The largest absolute Gasteiger partial charge is 0.338 e. The van der Waals surface area contributed by atoms with Crippen LogP contribution < -0.4 is 0 Å². The van der Waals surface area contributed by atoms with Crippen molar-refractivity contribution in [2.24, 2.45) is 0 Å². The summed E-state index contributed by atoms with van der Waals surface area (Å²) in [6, 6.07) is 1.78. The fourth-order valence-corrected chi connectivity index (χ4v) is 1.90. The molecule has 0 fully saturated rings. The number of hydrogen-bond acceptors (Lipinski definition) is 3. The Morgan fingerprint density at radius 1 is 1.43 bits per heavy atom. The highest BCUT2D eigenvalue weighted by molar-refractivity contribution is 7.08. The van der Waals surface area contributed by atoms with Crippen molar-refractivity contribution in [1.29, 1.82) is 0 Å². The second kappa shape index (κ2) is 5.75. The van der Waals surface area contributed by atoms with E-state index in [4.69, 9.17) is 0 Å². The molecule has 0 aliphatic carbocycles. The van der Waals surface area contributed by atoms with Gasteiger partial charge in [-0.1, -0.05) is 13.8 Å². The van der Waals surface area contributed by atoms with Gasteiger partial charge in [-0.15, -0.1) is 0 Å². The van der Waals surface area contributed by atoms with E-state index in [0.29, 0.717) is 0 Å². The minimum atomic E-state index is 0.121. The second-order valence-corrected chi connectivity index (χ2v) is 4.00. The molecule has 0 saturated heterocycles. The van der Waals surface area contributed by atoms with Crippen LogP contribution in [0.5, 0.6) is 0 Å². The Kier molecular flexibility index (Phi) is 4.59. The van der Waals surface area contributed by atoms with Crippen molar-refractivity contribution in [3.8, 4) is 0 Å². The molecule has 1 amide bonds. The van der Waals surface area contributed by atoms with Gasteiger partial charge in [0.05, 0.1) is 0 Å². The van der Waals surface area contributed by atoms with Crippen molar-refractivity contribution in [3.63, 3.8) is 0 Å². The Labute approximate surface area is 88.9 Å². The predicted molar refractivity (Wildman–Crippen MR) is 58.6 cm³/mol. The minimum absolute atomic E-state index is 0.121. The molecule has 0 radical (unpaired) electrons. The van der Waals surface area contributed by atoms with E-state index in [1.165, 1.54) is 11.5 Å². The molecule has 1 aromatic heterocycles. The second-order valence-electron chi connectivity index (χ2n) is 3.17. The number of carbonyl (C=O) groups excluding carboxylic acids is 1. The van der Waals surface area contributed by atoms with Crippen LogP contribution in [0.4, 0.5) is 0 Å². The summed E-state index contributed by atoms with van der Waals surface area (Å²) < 4.78 is 3.94. The van der Waals surface area contributed by atoms with E-state index in [-0.39, 0.29) is 5.91 Å². The third kappa shape index (κ3) is 2.80. The first-order chi connectivity index (χ1) is 6.79. The number of aromatic nitrogens is 1. The number of amides is 1. The summed E-state index contributed by atoms with van der Waals surface area (Å²) >= 11 is 1.27. The van der Waals surface area contributed by atoms with Crippen molar-refractivity contribution in [2.75, 3.05) is 13.1 Å². The van der Waals surface area contributed by atoms with Gasteiger partial charge in [0.25, 0.3) is 5.91 Å². The monoisotopic (exact) mass is 212 g/mol. The highest BCUT2D eigenvalue weighted by Crippen LogP contribution is 2.09. The molecule has 0 bridgehead atoms. The maximum absolute atomic E-state index is 11.9. The molecule has 1 rings (SSSR count). The quantitative estimate of drug-likeness (QED) is 0.751. The maximum atomic E-state index is 11.9. The standard InChI is InChI=1S/C10H16N2OS/c1-3-7-12(8-4-2)10(13)9-5-6-11-14-9/h5-6H,3-4,7-8H2,1-2H3. The summed E-state index contributed by atoms with van der Waals surface area (Å²) in [4.78, 5) is 14.5. The van der Waals surface area contributed by atoms with Gasteiger partial charge >= 0.3 is 0 Å². The molecule has 0 unspecified atom stereocenters. The molecular weight excluding hydrogens is 196 g/mol. The normalized spacial score (nSPS) is 10.1. The molecule has 3 nitrogen and oxygen atoms in total. The van der Waals surface area contributed by atoms with Crippen LogP contribution in [-0.4, -0.2) is 28.3 Å². The van der Waals surface area contributed by atoms with Crippen molar-refractivity contribution in [3.05, 3.63) is 17.1 Å². The van der Waals surface area contributed by atoms with E-state index in [1.54, 1.807) is 12.3 Å². The molecule has 1 aromatic rings. The first-order valence-electron chi connectivity index (χ1n) is 4.99. The Bertz CT molecular complexity index is 266. The van der Waals surface area contributed by atoms with E-state index >= 15 is 0 Å². The summed E-state index contributed by atoms with van der Waals surface area (Å²) in [6.07, 6.45) is 3.68. The van der Waals surface area contributed by atoms with E-state index in [2.05, 4.69) is 18.2 Å². The third-order valence-electron chi connectivity index (χ3n) is 1.92. The summed E-state index contributed by atoms with van der Waals surface area (Å²) in [5.74, 6) is 0.121. The number of rotatable bonds is 5. The van der Waals surface area contributed by atoms with Gasteiger partial charge in [0.2, 0.25) is 0 Å². The number of hydrogen-bond donors (Lipinski definition) is 0. The molecule has 78 valence electrons. The molecule has 1 heterocycles. The zero-order valence-corrected chi connectivity index (χ0v) is 9.51. The van der Waals surface area contributed by atoms with Crippen LogP contribution in [0.2, 0.25) is 0 Å². The van der Waals surface area contributed by atoms with Crippen LogP contribution in [-0.2, 0) is 0 Å². The van der Waals surface area contributed by atoms with Crippen molar-refractivity contribution < 1.29 is 4.79 Å². The Morgan fingerprint density at radius 3 is 2.50 bits per heavy atom. The van der Waals surface area contributed by atoms with Gasteiger partial charge in [-0.3, -0.25) is 4.79 Å². The lowest BCUT2D eigenvalue weighted by Crippen LogP contribution is -2.31. The molecule has 0 aliphatic heterocycles. The Hall–Kier alpha value is -0.900. The van der Waals surface area contributed by atoms with Crippen LogP contribution >= 0.6 is 11.5 Å². The fraction of sp³-hybridized carbons (Fsp3) is 0.600. The lowest BCUT2D eigenvalue weighted by molar-refractivity contribution is 0.0760. The SMILES string of the molecule is CCCN(CCC)C(=O)c1ccns1. The van der Waals surface area contributed by atoms with Crippen molar-refractivity contribution in [1.82, 2.24) is 9.27 Å². The molecule has 0 atom stereocenters. The topological polar surface area (TPSA) is 33.2 Å². The molecule has 0 spiro atoms. The van der Waals surface area contributed by atoms with Crippen LogP contribution in [0.15, 0.2) is 12.3 Å². The average molecular weight is 212 g/mol. The maximum Gasteiger partial charge on any atom is 0.265 e. The van der Waals surface area contributed by atoms with E-state index in [1.807, 2.05) is 4.90 Å². The third-order valence-corrected chi connectivity index (χ3v) is 2.66. The van der Waals surface area contributed by atoms with Crippen molar-refractivity contribution >= 4 is 17.4 Å². The summed E-state index contributed by atoms with van der Waals surface area (Å²) in [7, 11) is 0. The van der Waals surface area contributed by atoms with Gasteiger partial charge in [0.1, 0.15) is 4.88 Å². The predicted octanol–water partition coefficient (Wildman–Crippen LogP) is 2.41. The van der Waals surface area contributed by atoms with Crippen LogP contribution in [0.1, 0.15) is 36.4 Å². The van der Waals surface area contributed by atoms with E-state index in [0.717, 1.165) is 30.8 Å².